The van der Waals surface area contributed by atoms with Crippen LogP contribution in [0.4, 0.5) is 0 Å². The maximum atomic E-state index is 4.25. The molecule has 0 heteroatoms. The van der Waals surface area contributed by atoms with Crippen molar-refractivity contribution in [1.29, 1.82) is 0 Å². The number of hydrogen-bond donors (Lipinski definition) is 0. The maximum Gasteiger partial charge on any atom is -0.00547 e. The molecular weight excluding hydrogens is 132 g/mol. The summed E-state index contributed by atoms with van der Waals surface area (Å²) < 4.78 is 0. The number of allylic oxidation sites excluding steroid dienone is 4. The molecule has 0 saturated carbocycles. The highest BCUT2D eigenvalue weighted by Crippen LogP contribution is 2.37. The van der Waals surface area contributed by atoms with E-state index in [0.717, 1.165) is 6.42 Å². The van der Waals surface area contributed by atoms with Crippen molar-refractivity contribution in [3.8, 4) is 0 Å². The van der Waals surface area contributed by atoms with Crippen molar-refractivity contribution < 1.29 is 0 Å². The fourth-order valence-electron chi connectivity index (χ4n) is 1.44. The third-order valence-corrected chi connectivity index (χ3v) is 2.57. The summed E-state index contributed by atoms with van der Waals surface area (Å²) in [7, 11) is 0. The van der Waals surface area contributed by atoms with Gasteiger partial charge in [0.25, 0.3) is 0 Å². The molecule has 61 valence electrons. The molecule has 0 heterocycles. The van der Waals surface area contributed by atoms with E-state index >= 15 is 0 Å². The zero-order valence-electron chi connectivity index (χ0n) is 7.72. The summed E-state index contributed by atoms with van der Waals surface area (Å²) in [4.78, 5) is 0. The Kier molecular flexibility index (Phi) is 2.22. The van der Waals surface area contributed by atoms with E-state index in [1.807, 2.05) is 0 Å². The highest BCUT2D eigenvalue weighted by molar-refractivity contribution is 5.24. The smallest absolute Gasteiger partial charge is 0.00547 e. The maximum absolute atomic E-state index is 4.25. The molecule has 1 atom stereocenters. The van der Waals surface area contributed by atoms with Crippen LogP contribution < -0.4 is 0 Å². The Morgan fingerprint density at radius 1 is 1.55 bits per heavy atom. The normalized spacial score (nSPS) is 30.8. The van der Waals surface area contributed by atoms with Crippen LogP contribution in [0.1, 0.15) is 27.2 Å². The average molecular weight is 149 g/mol. The van der Waals surface area contributed by atoms with Crippen LogP contribution in [-0.2, 0) is 0 Å². The number of rotatable bonds is 1. The van der Waals surface area contributed by atoms with Crippen LogP contribution >= 0.6 is 0 Å². The van der Waals surface area contributed by atoms with Gasteiger partial charge in [0, 0.05) is 0 Å². The Morgan fingerprint density at radius 2 is 2.18 bits per heavy atom. The van der Waals surface area contributed by atoms with Crippen LogP contribution in [0.15, 0.2) is 23.8 Å². The van der Waals surface area contributed by atoms with Crippen molar-refractivity contribution in [3.63, 3.8) is 0 Å². The van der Waals surface area contributed by atoms with Crippen molar-refractivity contribution in [2.24, 2.45) is 11.3 Å². The predicted molar refractivity (Wildman–Crippen MR) is 50.1 cm³/mol. The van der Waals surface area contributed by atoms with Gasteiger partial charge in [-0.3, -0.25) is 0 Å². The Balaban J connectivity index is 2.78. The van der Waals surface area contributed by atoms with Gasteiger partial charge in [0.15, 0.2) is 0 Å². The lowest BCUT2D eigenvalue weighted by atomic mass is 9.72. The average Bonchev–Trinajstić information content (AvgIpc) is 1.86. The molecule has 0 N–H and O–H groups in total. The van der Waals surface area contributed by atoms with E-state index in [1.54, 1.807) is 0 Å². The topological polar surface area (TPSA) is 0 Å². The predicted octanol–water partition coefficient (Wildman–Crippen LogP) is 3.37. The van der Waals surface area contributed by atoms with Gasteiger partial charge in [0.05, 0.1) is 0 Å². The number of hydrogen-bond acceptors (Lipinski definition) is 0. The van der Waals surface area contributed by atoms with Crippen LogP contribution in [-0.4, -0.2) is 0 Å². The van der Waals surface area contributed by atoms with E-state index in [4.69, 9.17) is 0 Å². The quantitative estimate of drug-likeness (QED) is 0.536. The van der Waals surface area contributed by atoms with Gasteiger partial charge in [-0.15, -0.1) is 0 Å². The van der Waals surface area contributed by atoms with Crippen molar-refractivity contribution in [2.75, 3.05) is 0 Å². The van der Waals surface area contributed by atoms with Gasteiger partial charge >= 0.3 is 0 Å². The second-order valence-electron chi connectivity index (χ2n) is 3.94. The van der Waals surface area contributed by atoms with Crippen molar-refractivity contribution in [1.82, 2.24) is 0 Å². The summed E-state index contributed by atoms with van der Waals surface area (Å²) in [5.41, 5.74) is 1.59. The molecule has 0 saturated heterocycles. The molecular formula is C11H17. The minimum absolute atomic E-state index is 0.152. The van der Waals surface area contributed by atoms with Crippen molar-refractivity contribution in [2.45, 2.75) is 27.2 Å². The molecule has 1 aliphatic rings. The van der Waals surface area contributed by atoms with E-state index in [9.17, 15) is 0 Å². The third kappa shape index (κ3) is 1.74. The van der Waals surface area contributed by atoms with Gasteiger partial charge in [0.1, 0.15) is 0 Å². The van der Waals surface area contributed by atoms with E-state index in [2.05, 4.69) is 45.9 Å². The second-order valence-corrected chi connectivity index (χ2v) is 3.94. The molecule has 0 spiro atoms. The molecule has 0 aromatic rings. The van der Waals surface area contributed by atoms with Gasteiger partial charge in [-0.05, 0) is 31.6 Å². The van der Waals surface area contributed by atoms with E-state index in [-0.39, 0.29) is 5.41 Å². The zero-order valence-corrected chi connectivity index (χ0v) is 7.72. The lowest BCUT2D eigenvalue weighted by molar-refractivity contribution is 0.336. The summed E-state index contributed by atoms with van der Waals surface area (Å²) in [5.74, 6) is 0.627. The van der Waals surface area contributed by atoms with Crippen LogP contribution in [0.25, 0.3) is 0 Å². The fourth-order valence-corrected chi connectivity index (χ4v) is 1.44. The van der Waals surface area contributed by atoms with Crippen molar-refractivity contribution >= 4 is 0 Å². The first-order chi connectivity index (χ1) is 5.04. The molecule has 0 amide bonds. The molecule has 0 nitrogen and oxygen atoms in total. The summed E-state index contributed by atoms with van der Waals surface area (Å²) in [6.45, 7) is 10.9. The lowest BCUT2D eigenvalue weighted by Gasteiger charge is -2.32. The SMILES string of the molecule is [CH2]C1(C(C)C)C=CC=C(C)C1. The molecule has 0 bridgehead atoms. The molecule has 11 heavy (non-hydrogen) atoms. The molecule has 0 aromatic heterocycles. The van der Waals surface area contributed by atoms with Crippen LogP contribution in [0, 0.1) is 18.3 Å². The highest BCUT2D eigenvalue weighted by Gasteiger charge is 2.26. The standard InChI is InChI=1S/C11H17/c1-9(2)11(4)7-5-6-10(3)8-11/h5-7,9H,4,8H2,1-3H3. The van der Waals surface area contributed by atoms with Gasteiger partial charge in [-0.1, -0.05) is 37.6 Å². The van der Waals surface area contributed by atoms with Gasteiger partial charge in [-0.25, -0.2) is 0 Å². The van der Waals surface area contributed by atoms with Crippen LogP contribution in [0.5, 0.6) is 0 Å². The molecule has 0 aliphatic heterocycles. The Hall–Kier alpha value is -0.520. The van der Waals surface area contributed by atoms with E-state index in [1.165, 1.54) is 5.57 Å². The molecule has 1 aliphatic carbocycles. The first-order valence-corrected chi connectivity index (χ1v) is 4.25. The van der Waals surface area contributed by atoms with Crippen molar-refractivity contribution in [3.05, 3.63) is 30.7 Å². The van der Waals surface area contributed by atoms with E-state index < -0.39 is 0 Å². The van der Waals surface area contributed by atoms with Crippen LogP contribution in [0.3, 0.4) is 0 Å². The lowest BCUT2D eigenvalue weighted by Crippen LogP contribution is -2.22. The first kappa shape index (κ1) is 8.58. The Bertz CT molecular complexity index is 196. The van der Waals surface area contributed by atoms with Crippen LogP contribution in [0.2, 0.25) is 0 Å². The van der Waals surface area contributed by atoms with Gasteiger partial charge in [0.2, 0.25) is 0 Å². The van der Waals surface area contributed by atoms with Gasteiger partial charge < -0.3 is 0 Å². The summed E-state index contributed by atoms with van der Waals surface area (Å²) >= 11 is 0. The Labute approximate surface area is 70.0 Å². The largest absolute Gasteiger partial charge is 0.0777 e. The molecule has 1 radical (unpaired) electrons. The summed E-state index contributed by atoms with van der Waals surface area (Å²) in [6, 6.07) is 0. The molecule has 0 aromatic carbocycles. The fraction of sp³-hybridized carbons (Fsp3) is 0.545. The second kappa shape index (κ2) is 2.84. The van der Waals surface area contributed by atoms with Gasteiger partial charge in [-0.2, -0.15) is 0 Å². The molecule has 0 fully saturated rings. The monoisotopic (exact) mass is 149 g/mol. The third-order valence-electron chi connectivity index (χ3n) is 2.57. The highest BCUT2D eigenvalue weighted by atomic mass is 14.3. The van der Waals surface area contributed by atoms with E-state index in [0.29, 0.717) is 5.92 Å². The first-order valence-electron chi connectivity index (χ1n) is 4.25. The summed E-state index contributed by atoms with van der Waals surface area (Å²) in [6.07, 6.45) is 7.64. The molecule has 1 unspecified atom stereocenters. The minimum Gasteiger partial charge on any atom is -0.0777 e. The Morgan fingerprint density at radius 3 is 2.55 bits per heavy atom. The molecule has 1 rings (SSSR count). The summed E-state index contributed by atoms with van der Waals surface area (Å²) in [5, 5.41) is 0. The minimum atomic E-state index is 0.152. The zero-order chi connectivity index (χ0) is 8.48.